The number of ether oxygens (including phenoxy) is 2. The van der Waals surface area contributed by atoms with Crippen molar-refractivity contribution >= 4 is 0 Å². The third kappa shape index (κ3) is 7.11. The lowest BCUT2D eigenvalue weighted by Gasteiger charge is -2.11. The van der Waals surface area contributed by atoms with Crippen LogP contribution in [0.15, 0.2) is 60.9 Å². The van der Waals surface area contributed by atoms with Crippen LogP contribution in [0.4, 0.5) is 0 Å². The molecule has 0 aromatic heterocycles. The Hall–Kier alpha value is -2.04. The van der Waals surface area contributed by atoms with Crippen molar-refractivity contribution in [3.63, 3.8) is 0 Å². The first-order chi connectivity index (χ1) is 10.7. The van der Waals surface area contributed by atoms with Crippen molar-refractivity contribution in [2.24, 2.45) is 5.73 Å². The molecule has 120 valence electrons. The molecule has 0 bridgehead atoms. The summed E-state index contributed by atoms with van der Waals surface area (Å²) in [4.78, 5) is 0. The van der Waals surface area contributed by atoms with Gasteiger partial charge in [0, 0.05) is 0 Å². The molecule has 1 rings (SSSR count). The van der Waals surface area contributed by atoms with Gasteiger partial charge in [0.05, 0.1) is 19.8 Å². The zero-order chi connectivity index (χ0) is 16.2. The number of hydrogen-bond acceptors (Lipinski definition) is 4. The molecular formula is C18H25NO3. The maximum absolute atomic E-state index is 9.91. The minimum absolute atomic E-state index is 0.458. The summed E-state index contributed by atoms with van der Waals surface area (Å²) in [5.74, 6) is 1.37. The second kappa shape index (κ2) is 10.7. The summed E-state index contributed by atoms with van der Waals surface area (Å²) in [6.07, 6.45) is 8.40. The van der Waals surface area contributed by atoms with E-state index >= 15 is 0 Å². The summed E-state index contributed by atoms with van der Waals surface area (Å²) in [5.41, 5.74) is 6.29. The van der Waals surface area contributed by atoms with Gasteiger partial charge < -0.3 is 20.3 Å². The van der Waals surface area contributed by atoms with Crippen LogP contribution in [0.3, 0.4) is 0 Å². The van der Waals surface area contributed by atoms with Gasteiger partial charge in [0.2, 0.25) is 0 Å². The lowest BCUT2D eigenvalue weighted by atomic mass is 10.1. The summed E-state index contributed by atoms with van der Waals surface area (Å²) in [5, 5.41) is 9.91. The number of methoxy groups -OCH3 is 1. The fourth-order valence-electron chi connectivity index (χ4n) is 1.79. The molecule has 22 heavy (non-hydrogen) atoms. The second-order valence-corrected chi connectivity index (χ2v) is 4.76. The van der Waals surface area contributed by atoms with Crippen LogP contribution < -0.4 is 10.5 Å². The number of benzene rings is 1. The third-order valence-electron chi connectivity index (χ3n) is 3.03. The monoisotopic (exact) mass is 303 g/mol. The van der Waals surface area contributed by atoms with Crippen molar-refractivity contribution < 1.29 is 14.6 Å². The molecule has 1 atom stereocenters. The van der Waals surface area contributed by atoms with E-state index in [1.165, 1.54) is 0 Å². The van der Waals surface area contributed by atoms with Crippen LogP contribution in [0.2, 0.25) is 0 Å². The molecule has 4 heteroatoms. The molecule has 0 aliphatic rings. The SMILES string of the molecule is C=C(/C=C\C=C/CCOc1cccc(C(O)CCN)c1)OC. The number of aliphatic hydroxyl groups is 1. The number of allylic oxidation sites excluding steroid dienone is 3. The molecule has 1 aromatic carbocycles. The number of nitrogens with two attached hydrogens (primary N) is 1. The van der Waals surface area contributed by atoms with Crippen LogP contribution in [-0.4, -0.2) is 25.4 Å². The lowest BCUT2D eigenvalue weighted by Crippen LogP contribution is -2.07. The number of aliphatic hydroxyl groups excluding tert-OH is 1. The average Bonchev–Trinajstić information content (AvgIpc) is 2.54. The Morgan fingerprint density at radius 2 is 2.23 bits per heavy atom. The van der Waals surface area contributed by atoms with Gasteiger partial charge >= 0.3 is 0 Å². The van der Waals surface area contributed by atoms with Gasteiger partial charge in [0.25, 0.3) is 0 Å². The lowest BCUT2D eigenvalue weighted by molar-refractivity contribution is 0.169. The van der Waals surface area contributed by atoms with Crippen molar-refractivity contribution in [1.82, 2.24) is 0 Å². The Morgan fingerprint density at radius 1 is 1.41 bits per heavy atom. The van der Waals surface area contributed by atoms with Crippen LogP contribution in [0.5, 0.6) is 5.75 Å². The van der Waals surface area contributed by atoms with Crippen LogP contribution in [0, 0.1) is 0 Å². The molecule has 0 amide bonds. The molecule has 4 nitrogen and oxygen atoms in total. The van der Waals surface area contributed by atoms with Gasteiger partial charge in [0.15, 0.2) is 0 Å². The molecule has 0 radical (unpaired) electrons. The van der Waals surface area contributed by atoms with E-state index in [-0.39, 0.29) is 0 Å². The fourth-order valence-corrected chi connectivity index (χ4v) is 1.79. The van der Waals surface area contributed by atoms with Crippen molar-refractivity contribution in [3.05, 3.63) is 66.5 Å². The molecule has 0 aliphatic heterocycles. The van der Waals surface area contributed by atoms with Gasteiger partial charge in [-0.05, 0) is 43.2 Å². The summed E-state index contributed by atoms with van der Waals surface area (Å²) < 4.78 is 10.6. The maximum Gasteiger partial charge on any atom is 0.119 e. The summed E-state index contributed by atoms with van der Waals surface area (Å²) in [6.45, 7) is 4.72. The predicted octanol–water partition coefficient (Wildman–Crippen LogP) is 3.11. The molecule has 0 saturated heterocycles. The fraction of sp³-hybridized carbons (Fsp3) is 0.333. The van der Waals surface area contributed by atoms with E-state index in [9.17, 15) is 5.11 Å². The van der Waals surface area contributed by atoms with Crippen molar-refractivity contribution in [1.29, 1.82) is 0 Å². The minimum Gasteiger partial charge on any atom is -0.497 e. The van der Waals surface area contributed by atoms with Crippen LogP contribution >= 0.6 is 0 Å². The molecule has 0 aliphatic carbocycles. The Labute approximate surface area is 132 Å². The summed E-state index contributed by atoms with van der Waals surface area (Å²) in [7, 11) is 1.59. The number of rotatable bonds is 10. The summed E-state index contributed by atoms with van der Waals surface area (Å²) in [6, 6.07) is 7.48. The van der Waals surface area contributed by atoms with E-state index < -0.39 is 6.10 Å². The molecule has 0 heterocycles. The quantitative estimate of drug-likeness (QED) is 0.396. The largest absolute Gasteiger partial charge is 0.497 e. The highest BCUT2D eigenvalue weighted by molar-refractivity contribution is 5.30. The molecule has 0 spiro atoms. The van der Waals surface area contributed by atoms with E-state index in [2.05, 4.69) is 6.58 Å². The zero-order valence-electron chi connectivity index (χ0n) is 13.1. The van der Waals surface area contributed by atoms with Crippen molar-refractivity contribution in [2.75, 3.05) is 20.3 Å². The van der Waals surface area contributed by atoms with Gasteiger partial charge in [-0.2, -0.15) is 0 Å². The standard InChI is InChI=1S/C18H25NO3/c1-15(21-2)8-5-3-4-6-13-22-17-10-7-9-16(14-17)18(20)11-12-19/h3-5,7-10,14,18,20H,1,6,11-13,19H2,2H3/b4-3-,8-5-. The zero-order valence-corrected chi connectivity index (χ0v) is 13.1. The topological polar surface area (TPSA) is 64.7 Å². The van der Waals surface area contributed by atoms with Crippen LogP contribution in [0.1, 0.15) is 24.5 Å². The van der Waals surface area contributed by atoms with E-state index in [0.717, 1.165) is 17.7 Å². The second-order valence-electron chi connectivity index (χ2n) is 4.76. The highest BCUT2D eigenvalue weighted by Crippen LogP contribution is 2.21. The molecule has 0 fully saturated rings. The van der Waals surface area contributed by atoms with Gasteiger partial charge in [-0.15, -0.1) is 0 Å². The minimum atomic E-state index is -0.535. The molecule has 1 aromatic rings. The Morgan fingerprint density at radius 3 is 2.95 bits per heavy atom. The van der Waals surface area contributed by atoms with Gasteiger partial charge in [-0.3, -0.25) is 0 Å². The van der Waals surface area contributed by atoms with Crippen molar-refractivity contribution in [2.45, 2.75) is 18.9 Å². The number of hydrogen-bond donors (Lipinski definition) is 2. The Bertz CT molecular complexity index is 509. The van der Waals surface area contributed by atoms with E-state index in [4.69, 9.17) is 15.2 Å². The first-order valence-corrected chi connectivity index (χ1v) is 7.34. The molecule has 3 N–H and O–H groups in total. The Balaban J connectivity index is 2.36. The van der Waals surface area contributed by atoms with E-state index in [0.29, 0.717) is 25.3 Å². The first kappa shape index (κ1) is 18.0. The predicted molar refractivity (Wildman–Crippen MR) is 89.6 cm³/mol. The highest BCUT2D eigenvalue weighted by Gasteiger charge is 2.06. The molecular weight excluding hydrogens is 278 g/mol. The third-order valence-corrected chi connectivity index (χ3v) is 3.03. The van der Waals surface area contributed by atoms with Gasteiger partial charge in [-0.1, -0.05) is 36.9 Å². The van der Waals surface area contributed by atoms with Crippen molar-refractivity contribution in [3.8, 4) is 5.75 Å². The maximum atomic E-state index is 9.91. The van der Waals surface area contributed by atoms with Gasteiger partial charge in [0.1, 0.15) is 11.5 Å². The smallest absolute Gasteiger partial charge is 0.119 e. The summed E-state index contributed by atoms with van der Waals surface area (Å²) >= 11 is 0. The van der Waals surface area contributed by atoms with Crippen LogP contribution in [-0.2, 0) is 4.74 Å². The highest BCUT2D eigenvalue weighted by atomic mass is 16.5. The Kier molecular flexibility index (Phi) is 8.72. The van der Waals surface area contributed by atoms with E-state index in [1.807, 2.05) is 42.5 Å². The normalized spacial score (nSPS) is 12.7. The average molecular weight is 303 g/mol. The first-order valence-electron chi connectivity index (χ1n) is 7.34. The molecule has 0 saturated carbocycles. The van der Waals surface area contributed by atoms with Gasteiger partial charge in [-0.25, -0.2) is 0 Å². The van der Waals surface area contributed by atoms with E-state index in [1.54, 1.807) is 13.2 Å². The molecule has 1 unspecified atom stereocenters. The van der Waals surface area contributed by atoms with Crippen LogP contribution in [0.25, 0.3) is 0 Å².